The minimum atomic E-state index is 0.239. The summed E-state index contributed by atoms with van der Waals surface area (Å²) in [5.41, 5.74) is 7.30. The van der Waals surface area contributed by atoms with Crippen molar-refractivity contribution in [2.45, 2.75) is 31.4 Å². The minimum absolute atomic E-state index is 0.239. The van der Waals surface area contributed by atoms with E-state index in [0.717, 1.165) is 24.8 Å². The molecule has 1 aliphatic carbocycles. The number of hydrogen-bond acceptors (Lipinski definition) is 5. The average molecular weight is 294 g/mol. The van der Waals surface area contributed by atoms with E-state index in [2.05, 4.69) is 15.5 Å². The number of tetrazole rings is 1. The standard InChI is InChI=1S/C13H16ClN5O/c1-20-9-6-5-8(7-9)19-13(16-17-18-19)10-3-2-4-11(14)12(10)15/h2-4,8-9H,5-7,15H2,1H3. The zero-order valence-corrected chi connectivity index (χ0v) is 11.9. The molecule has 2 atom stereocenters. The van der Waals surface area contributed by atoms with Crippen LogP contribution in [0.3, 0.4) is 0 Å². The summed E-state index contributed by atoms with van der Waals surface area (Å²) >= 11 is 6.07. The van der Waals surface area contributed by atoms with Crippen molar-refractivity contribution >= 4 is 17.3 Å². The molecule has 0 radical (unpaired) electrons. The number of para-hydroxylation sites is 1. The fraction of sp³-hybridized carbons (Fsp3) is 0.462. The second kappa shape index (κ2) is 5.38. The Morgan fingerprint density at radius 1 is 1.40 bits per heavy atom. The fourth-order valence-electron chi connectivity index (χ4n) is 2.70. The lowest BCUT2D eigenvalue weighted by Crippen LogP contribution is -2.12. The summed E-state index contributed by atoms with van der Waals surface area (Å²) in [5, 5.41) is 12.5. The van der Waals surface area contributed by atoms with Gasteiger partial charge in [-0.3, -0.25) is 0 Å². The van der Waals surface area contributed by atoms with Crippen LogP contribution in [-0.4, -0.2) is 33.4 Å². The SMILES string of the molecule is COC1CCC(n2nnnc2-c2cccc(Cl)c2N)C1. The van der Waals surface area contributed by atoms with E-state index in [1.165, 1.54) is 0 Å². The normalized spacial score (nSPS) is 22.3. The first-order valence-electron chi connectivity index (χ1n) is 6.55. The Hall–Kier alpha value is -1.66. The van der Waals surface area contributed by atoms with E-state index in [4.69, 9.17) is 22.1 Å². The van der Waals surface area contributed by atoms with E-state index in [1.54, 1.807) is 13.2 Å². The van der Waals surface area contributed by atoms with Gasteiger partial charge in [0.1, 0.15) is 0 Å². The maximum Gasteiger partial charge on any atom is 0.184 e. The zero-order valence-electron chi connectivity index (χ0n) is 11.2. The van der Waals surface area contributed by atoms with Gasteiger partial charge in [0.05, 0.1) is 22.9 Å². The summed E-state index contributed by atoms with van der Waals surface area (Å²) in [6.45, 7) is 0. The second-order valence-electron chi connectivity index (χ2n) is 4.97. The molecule has 20 heavy (non-hydrogen) atoms. The van der Waals surface area contributed by atoms with Crippen LogP contribution < -0.4 is 5.73 Å². The molecule has 0 amide bonds. The highest BCUT2D eigenvalue weighted by Gasteiger charge is 2.29. The zero-order chi connectivity index (χ0) is 14.1. The van der Waals surface area contributed by atoms with Gasteiger partial charge in [0.2, 0.25) is 0 Å². The highest BCUT2D eigenvalue weighted by molar-refractivity contribution is 6.33. The molecule has 1 aliphatic rings. The minimum Gasteiger partial charge on any atom is -0.397 e. The molecule has 2 N–H and O–H groups in total. The van der Waals surface area contributed by atoms with Crippen LogP contribution in [0, 0.1) is 0 Å². The van der Waals surface area contributed by atoms with E-state index >= 15 is 0 Å². The van der Waals surface area contributed by atoms with Crippen LogP contribution in [0.25, 0.3) is 11.4 Å². The van der Waals surface area contributed by atoms with Crippen molar-refractivity contribution in [3.63, 3.8) is 0 Å². The molecule has 1 heterocycles. The fourth-order valence-corrected chi connectivity index (χ4v) is 2.88. The van der Waals surface area contributed by atoms with Gasteiger partial charge in [-0.25, -0.2) is 4.68 Å². The lowest BCUT2D eigenvalue weighted by molar-refractivity contribution is 0.105. The molecule has 2 unspecified atom stereocenters. The Bertz CT molecular complexity index is 615. The van der Waals surface area contributed by atoms with Gasteiger partial charge in [0, 0.05) is 12.7 Å². The van der Waals surface area contributed by atoms with Crippen molar-refractivity contribution in [2.24, 2.45) is 0 Å². The Balaban J connectivity index is 1.96. The first-order valence-corrected chi connectivity index (χ1v) is 6.93. The Morgan fingerprint density at radius 2 is 2.25 bits per heavy atom. The van der Waals surface area contributed by atoms with Crippen molar-refractivity contribution in [1.29, 1.82) is 0 Å². The van der Waals surface area contributed by atoms with Crippen molar-refractivity contribution in [1.82, 2.24) is 20.2 Å². The highest BCUT2D eigenvalue weighted by atomic mass is 35.5. The predicted molar refractivity (Wildman–Crippen MR) is 76.4 cm³/mol. The Kier molecular flexibility index (Phi) is 3.58. The van der Waals surface area contributed by atoms with Crippen molar-refractivity contribution < 1.29 is 4.74 Å². The molecule has 0 bridgehead atoms. The Labute approximate surface area is 121 Å². The van der Waals surface area contributed by atoms with E-state index in [1.807, 2.05) is 16.8 Å². The molecule has 0 aliphatic heterocycles. The summed E-state index contributed by atoms with van der Waals surface area (Å²) in [5.74, 6) is 0.659. The molecule has 1 aromatic heterocycles. The molecule has 0 saturated heterocycles. The molecule has 3 rings (SSSR count). The number of halogens is 1. The number of rotatable bonds is 3. The molecule has 106 valence electrons. The third kappa shape index (κ3) is 2.25. The molecule has 7 heteroatoms. The second-order valence-corrected chi connectivity index (χ2v) is 5.38. The predicted octanol–water partition coefficient (Wildman–Crippen LogP) is 2.32. The number of methoxy groups -OCH3 is 1. The number of benzene rings is 1. The van der Waals surface area contributed by atoms with E-state index < -0.39 is 0 Å². The monoisotopic (exact) mass is 293 g/mol. The number of ether oxygens (including phenoxy) is 1. The van der Waals surface area contributed by atoms with Gasteiger partial charge in [-0.05, 0) is 41.8 Å². The van der Waals surface area contributed by atoms with Gasteiger partial charge in [-0.2, -0.15) is 0 Å². The molecule has 1 aromatic carbocycles. The maximum absolute atomic E-state index is 6.07. The van der Waals surface area contributed by atoms with Crippen LogP contribution in [0.5, 0.6) is 0 Å². The van der Waals surface area contributed by atoms with Crippen LogP contribution in [-0.2, 0) is 4.74 Å². The number of aromatic nitrogens is 4. The van der Waals surface area contributed by atoms with Crippen molar-refractivity contribution in [3.05, 3.63) is 23.2 Å². The highest BCUT2D eigenvalue weighted by Crippen LogP contribution is 2.36. The molecular formula is C13H16ClN5O. The average Bonchev–Trinajstić information content (AvgIpc) is 3.09. The van der Waals surface area contributed by atoms with Gasteiger partial charge < -0.3 is 10.5 Å². The van der Waals surface area contributed by atoms with Gasteiger partial charge in [0.15, 0.2) is 5.82 Å². The van der Waals surface area contributed by atoms with Crippen LogP contribution in [0.2, 0.25) is 5.02 Å². The topological polar surface area (TPSA) is 78.8 Å². The van der Waals surface area contributed by atoms with Gasteiger partial charge in [-0.15, -0.1) is 5.10 Å². The maximum atomic E-state index is 6.07. The summed E-state index contributed by atoms with van der Waals surface area (Å²) < 4.78 is 7.23. The van der Waals surface area contributed by atoms with Gasteiger partial charge in [-0.1, -0.05) is 17.7 Å². The number of anilines is 1. The number of nitrogens with zero attached hydrogens (tertiary/aromatic N) is 4. The van der Waals surface area contributed by atoms with Crippen LogP contribution >= 0.6 is 11.6 Å². The molecule has 0 spiro atoms. The number of hydrogen-bond donors (Lipinski definition) is 1. The quantitative estimate of drug-likeness (QED) is 0.879. The Morgan fingerprint density at radius 3 is 3.00 bits per heavy atom. The number of nitrogen functional groups attached to an aromatic ring is 1. The third-order valence-electron chi connectivity index (χ3n) is 3.82. The van der Waals surface area contributed by atoms with Gasteiger partial charge in [0.25, 0.3) is 0 Å². The molecule has 1 fully saturated rings. The smallest absolute Gasteiger partial charge is 0.184 e. The summed E-state index contributed by atoms with van der Waals surface area (Å²) in [7, 11) is 1.74. The largest absolute Gasteiger partial charge is 0.397 e. The molecule has 2 aromatic rings. The summed E-state index contributed by atoms with van der Waals surface area (Å²) in [6.07, 6.45) is 3.20. The van der Waals surface area contributed by atoms with Crippen LogP contribution in [0.1, 0.15) is 25.3 Å². The van der Waals surface area contributed by atoms with Crippen LogP contribution in [0.4, 0.5) is 5.69 Å². The lowest BCUT2D eigenvalue weighted by atomic mass is 10.1. The summed E-state index contributed by atoms with van der Waals surface area (Å²) in [4.78, 5) is 0. The molecular weight excluding hydrogens is 278 g/mol. The first kappa shape index (κ1) is 13.3. The van der Waals surface area contributed by atoms with Crippen molar-refractivity contribution in [2.75, 3.05) is 12.8 Å². The van der Waals surface area contributed by atoms with E-state index in [9.17, 15) is 0 Å². The van der Waals surface area contributed by atoms with E-state index in [0.29, 0.717) is 16.5 Å². The summed E-state index contributed by atoms with van der Waals surface area (Å²) in [6, 6.07) is 5.72. The molecule has 1 saturated carbocycles. The van der Waals surface area contributed by atoms with Gasteiger partial charge >= 0.3 is 0 Å². The van der Waals surface area contributed by atoms with Crippen molar-refractivity contribution in [3.8, 4) is 11.4 Å². The third-order valence-corrected chi connectivity index (χ3v) is 4.15. The first-order chi connectivity index (χ1) is 9.70. The lowest BCUT2D eigenvalue weighted by Gasteiger charge is -2.13. The van der Waals surface area contributed by atoms with E-state index in [-0.39, 0.29) is 12.1 Å². The molecule has 6 nitrogen and oxygen atoms in total. The van der Waals surface area contributed by atoms with Crippen LogP contribution in [0.15, 0.2) is 18.2 Å². The number of nitrogens with two attached hydrogens (primary N) is 1.